The highest BCUT2D eigenvalue weighted by Gasteiger charge is 2.28. The first-order valence-corrected chi connectivity index (χ1v) is 7.17. The van der Waals surface area contributed by atoms with Crippen molar-refractivity contribution in [3.8, 4) is 0 Å². The Morgan fingerprint density at radius 3 is 3.00 bits per heavy atom. The zero-order valence-corrected chi connectivity index (χ0v) is 10.7. The number of hydrogen-bond acceptors (Lipinski definition) is 6. The number of anilines is 1. The third-order valence-corrected chi connectivity index (χ3v) is 4.31. The second-order valence-electron chi connectivity index (χ2n) is 4.18. The minimum atomic E-state index is -3.62. The molecule has 100 valence electrons. The number of aromatic nitrogens is 3. The fourth-order valence-corrected chi connectivity index (χ4v) is 3.14. The molecule has 1 fully saturated rings. The Bertz CT molecular complexity index is 479. The van der Waals surface area contributed by atoms with E-state index in [1.165, 1.54) is 16.7 Å². The summed E-state index contributed by atoms with van der Waals surface area (Å²) < 4.78 is 27.8. The summed E-state index contributed by atoms with van der Waals surface area (Å²) in [5, 5.41) is 7.16. The van der Waals surface area contributed by atoms with Gasteiger partial charge in [0.05, 0.1) is 12.4 Å². The average Bonchev–Trinajstić information content (AvgIpc) is 2.39. The van der Waals surface area contributed by atoms with Crippen LogP contribution in [0.25, 0.3) is 0 Å². The molecule has 1 aliphatic rings. The zero-order valence-electron chi connectivity index (χ0n) is 9.86. The molecular formula is C9H16N6O2S. The van der Waals surface area contributed by atoms with Gasteiger partial charge in [0.1, 0.15) is 0 Å². The van der Waals surface area contributed by atoms with E-state index >= 15 is 0 Å². The van der Waals surface area contributed by atoms with Crippen molar-refractivity contribution in [2.75, 3.05) is 24.4 Å². The fourth-order valence-electron chi connectivity index (χ4n) is 1.91. The van der Waals surface area contributed by atoms with Gasteiger partial charge in [-0.2, -0.15) is 17.8 Å². The lowest BCUT2D eigenvalue weighted by atomic mass is 10.0. The summed E-state index contributed by atoms with van der Waals surface area (Å²) in [5.41, 5.74) is 5.58. The van der Waals surface area contributed by atoms with Crippen molar-refractivity contribution in [3.05, 3.63) is 12.4 Å². The topological polar surface area (TPSA) is 114 Å². The van der Waals surface area contributed by atoms with E-state index in [1.54, 1.807) is 0 Å². The van der Waals surface area contributed by atoms with Crippen molar-refractivity contribution in [1.82, 2.24) is 19.5 Å². The Hall–Kier alpha value is -1.32. The van der Waals surface area contributed by atoms with E-state index in [1.807, 2.05) is 0 Å². The first kappa shape index (κ1) is 13.1. The molecule has 1 aromatic heterocycles. The Morgan fingerprint density at radius 2 is 2.33 bits per heavy atom. The van der Waals surface area contributed by atoms with Crippen LogP contribution >= 0.6 is 0 Å². The number of hydrogen-bond donors (Lipinski definition) is 2. The Balaban J connectivity index is 2.06. The summed E-state index contributed by atoms with van der Waals surface area (Å²) in [6.07, 6.45) is 4.54. The highest BCUT2D eigenvalue weighted by molar-refractivity contribution is 7.90. The van der Waals surface area contributed by atoms with E-state index in [-0.39, 0.29) is 11.9 Å². The number of nitrogens with two attached hydrogens (primary N) is 1. The molecular weight excluding hydrogens is 256 g/mol. The molecule has 0 spiro atoms. The van der Waals surface area contributed by atoms with Gasteiger partial charge in [0.2, 0.25) is 0 Å². The van der Waals surface area contributed by atoms with Crippen LogP contribution in [0.1, 0.15) is 12.8 Å². The molecule has 0 radical (unpaired) electrons. The van der Waals surface area contributed by atoms with Gasteiger partial charge in [-0.25, -0.2) is 9.71 Å². The summed E-state index contributed by atoms with van der Waals surface area (Å²) in [7, 11) is -3.62. The summed E-state index contributed by atoms with van der Waals surface area (Å²) in [6, 6.07) is 0. The molecule has 0 bridgehead atoms. The Morgan fingerprint density at radius 1 is 1.50 bits per heavy atom. The smallest absolute Gasteiger partial charge is 0.304 e. The largest absolute Gasteiger partial charge is 0.330 e. The van der Waals surface area contributed by atoms with Crippen LogP contribution in [0.5, 0.6) is 0 Å². The summed E-state index contributed by atoms with van der Waals surface area (Å²) >= 11 is 0. The molecule has 8 nitrogen and oxygen atoms in total. The number of nitrogens with zero attached hydrogens (tertiary/aromatic N) is 4. The molecule has 2 heterocycles. The molecule has 0 aromatic carbocycles. The maximum Gasteiger partial charge on any atom is 0.304 e. The second-order valence-corrected chi connectivity index (χ2v) is 5.85. The molecule has 9 heteroatoms. The molecule has 0 aliphatic carbocycles. The van der Waals surface area contributed by atoms with Gasteiger partial charge < -0.3 is 5.73 Å². The van der Waals surface area contributed by atoms with Crippen LogP contribution in [-0.2, 0) is 10.2 Å². The standard InChI is InChI=1S/C9H16N6O2S/c10-6-8-2-1-5-15(7-8)18(16,17)14-9-11-3-4-12-13-9/h3-4,8H,1-2,5-7,10H2,(H,11,13,14). The quantitative estimate of drug-likeness (QED) is 0.741. The van der Waals surface area contributed by atoms with Crippen LogP contribution in [0.4, 0.5) is 5.95 Å². The van der Waals surface area contributed by atoms with Crippen molar-refractivity contribution in [2.24, 2.45) is 11.7 Å². The lowest BCUT2D eigenvalue weighted by Gasteiger charge is -2.30. The van der Waals surface area contributed by atoms with Crippen LogP contribution in [0, 0.1) is 5.92 Å². The fraction of sp³-hybridized carbons (Fsp3) is 0.667. The Labute approximate surface area is 106 Å². The first-order valence-electron chi connectivity index (χ1n) is 5.73. The molecule has 2 rings (SSSR count). The minimum absolute atomic E-state index is 0.0210. The molecule has 18 heavy (non-hydrogen) atoms. The second kappa shape index (κ2) is 5.55. The monoisotopic (exact) mass is 272 g/mol. The molecule has 0 saturated carbocycles. The molecule has 1 aliphatic heterocycles. The molecule has 1 saturated heterocycles. The highest BCUT2D eigenvalue weighted by atomic mass is 32.2. The summed E-state index contributed by atoms with van der Waals surface area (Å²) in [4.78, 5) is 3.78. The van der Waals surface area contributed by atoms with Crippen molar-refractivity contribution in [2.45, 2.75) is 12.8 Å². The first-order chi connectivity index (χ1) is 8.62. The van der Waals surface area contributed by atoms with Crippen LogP contribution in [0.2, 0.25) is 0 Å². The van der Waals surface area contributed by atoms with E-state index < -0.39 is 10.2 Å². The van der Waals surface area contributed by atoms with Crippen LogP contribution in [0.15, 0.2) is 12.4 Å². The van der Waals surface area contributed by atoms with Crippen molar-refractivity contribution >= 4 is 16.2 Å². The van der Waals surface area contributed by atoms with Gasteiger partial charge in [0.25, 0.3) is 5.95 Å². The van der Waals surface area contributed by atoms with E-state index in [0.717, 1.165) is 12.8 Å². The number of rotatable bonds is 4. The molecule has 1 atom stereocenters. The van der Waals surface area contributed by atoms with E-state index in [4.69, 9.17) is 5.73 Å². The van der Waals surface area contributed by atoms with Crippen LogP contribution in [0.3, 0.4) is 0 Å². The maximum absolute atomic E-state index is 12.1. The molecule has 3 N–H and O–H groups in total. The van der Waals surface area contributed by atoms with Gasteiger partial charge in [0.15, 0.2) is 0 Å². The molecule has 1 unspecified atom stereocenters. The lowest BCUT2D eigenvalue weighted by molar-refractivity contribution is 0.272. The van der Waals surface area contributed by atoms with Gasteiger partial charge in [0, 0.05) is 13.1 Å². The lowest BCUT2D eigenvalue weighted by Crippen LogP contribution is -2.44. The number of piperidine rings is 1. The van der Waals surface area contributed by atoms with Crippen LogP contribution < -0.4 is 10.5 Å². The minimum Gasteiger partial charge on any atom is -0.330 e. The van der Waals surface area contributed by atoms with Crippen molar-refractivity contribution in [3.63, 3.8) is 0 Å². The van der Waals surface area contributed by atoms with Crippen LogP contribution in [-0.4, -0.2) is 47.5 Å². The Kier molecular flexibility index (Phi) is 4.04. The summed E-state index contributed by atoms with van der Waals surface area (Å²) in [6.45, 7) is 1.42. The predicted octanol–water partition coefficient (Wildman–Crippen LogP) is -0.801. The van der Waals surface area contributed by atoms with Gasteiger partial charge in [-0.3, -0.25) is 0 Å². The van der Waals surface area contributed by atoms with Gasteiger partial charge in [-0.15, -0.1) is 5.10 Å². The molecule has 1 aromatic rings. The van der Waals surface area contributed by atoms with E-state index in [0.29, 0.717) is 19.6 Å². The zero-order chi connectivity index (χ0) is 13.0. The predicted molar refractivity (Wildman–Crippen MR) is 65.7 cm³/mol. The number of nitrogens with one attached hydrogen (secondary N) is 1. The van der Waals surface area contributed by atoms with Gasteiger partial charge >= 0.3 is 10.2 Å². The van der Waals surface area contributed by atoms with Crippen molar-refractivity contribution in [1.29, 1.82) is 0 Å². The SMILES string of the molecule is NCC1CCCN(S(=O)(=O)Nc2nccnn2)C1. The van der Waals surface area contributed by atoms with Gasteiger partial charge in [-0.1, -0.05) is 0 Å². The average molecular weight is 272 g/mol. The van der Waals surface area contributed by atoms with E-state index in [9.17, 15) is 8.42 Å². The van der Waals surface area contributed by atoms with Gasteiger partial charge in [-0.05, 0) is 25.3 Å². The summed E-state index contributed by atoms with van der Waals surface area (Å²) in [5.74, 6) is 0.192. The molecule has 0 amide bonds. The normalized spacial score (nSPS) is 21.7. The van der Waals surface area contributed by atoms with E-state index in [2.05, 4.69) is 19.9 Å². The highest BCUT2D eigenvalue weighted by Crippen LogP contribution is 2.18. The van der Waals surface area contributed by atoms with Crippen molar-refractivity contribution < 1.29 is 8.42 Å². The third kappa shape index (κ3) is 3.12. The third-order valence-electron chi connectivity index (χ3n) is 2.86. The maximum atomic E-state index is 12.1.